The molecule has 0 bridgehead atoms. The number of fused-ring (bicyclic) bond motifs is 1. The fourth-order valence-corrected chi connectivity index (χ4v) is 3.66. The molecular formula is C20H15ClN4O2S. The summed E-state index contributed by atoms with van der Waals surface area (Å²) in [7, 11) is 0. The predicted molar refractivity (Wildman–Crippen MR) is 114 cm³/mol. The maximum absolute atomic E-state index is 12.1. The van der Waals surface area contributed by atoms with Crippen LogP contribution in [-0.4, -0.2) is 17.6 Å². The van der Waals surface area contributed by atoms with Gasteiger partial charge in [0.2, 0.25) is 5.91 Å². The van der Waals surface area contributed by atoms with Gasteiger partial charge in [-0.25, -0.2) is 9.79 Å². The maximum atomic E-state index is 12.1. The summed E-state index contributed by atoms with van der Waals surface area (Å²) in [4.78, 5) is 28.8. The number of anilines is 3. The van der Waals surface area contributed by atoms with Gasteiger partial charge in [0.15, 0.2) is 0 Å². The molecule has 4 rings (SSSR count). The van der Waals surface area contributed by atoms with Crippen LogP contribution < -0.4 is 16.0 Å². The number of aliphatic imine (C=N–C) groups is 1. The van der Waals surface area contributed by atoms with Gasteiger partial charge < -0.3 is 16.0 Å². The van der Waals surface area contributed by atoms with Crippen LogP contribution in [0.25, 0.3) is 0 Å². The van der Waals surface area contributed by atoms with E-state index in [1.54, 1.807) is 36.4 Å². The van der Waals surface area contributed by atoms with Gasteiger partial charge in [0.05, 0.1) is 23.5 Å². The molecule has 0 saturated carbocycles. The van der Waals surface area contributed by atoms with E-state index in [9.17, 15) is 9.59 Å². The molecule has 2 aromatic carbocycles. The standard InChI is InChI=1S/C20H15ClN4O2S/c21-13-2-1-3-15(8-13)23-20(27)22-14-6-4-12(5-7-14)16-9-19(26)25-18-11-28-10-17(18)24-16/h1-8,10-11H,9H2,(H,25,26)(H2,22,23,27). The van der Waals surface area contributed by atoms with Crippen molar-refractivity contribution in [3.63, 3.8) is 0 Å². The quantitative estimate of drug-likeness (QED) is 0.532. The molecule has 28 heavy (non-hydrogen) atoms. The van der Waals surface area contributed by atoms with E-state index in [0.29, 0.717) is 22.1 Å². The molecular weight excluding hydrogens is 396 g/mol. The van der Waals surface area contributed by atoms with Gasteiger partial charge in [-0.05, 0) is 35.9 Å². The summed E-state index contributed by atoms with van der Waals surface area (Å²) < 4.78 is 0. The van der Waals surface area contributed by atoms with Crippen LogP contribution in [0.2, 0.25) is 5.02 Å². The lowest BCUT2D eigenvalue weighted by atomic mass is 10.1. The van der Waals surface area contributed by atoms with Crippen molar-refractivity contribution in [2.75, 3.05) is 16.0 Å². The number of urea groups is 1. The van der Waals surface area contributed by atoms with Crippen LogP contribution in [0, 0.1) is 0 Å². The molecule has 0 aliphatic carbocycles. The molecule has 140 valence electrons. The number of hydrogen-bond donors (Lipinski definition) is 3. The van der Waals surface area contributed by atoms with Gasteiger partial charge in [-0.2, -0.15) is 0 Å². The van der Waals surface area contributed by atoms with E-state index in [0.717, 1.165) is 16.9 Å². The van der Waals surface area contributed by atoms with Gasteiger partial charge in [0.25, 0.3) is 0 Å². The van der Waals surface area contributed by atoms with E-state index in [2.05, 4.69) is 20.9 Å². The van der Waals surface area contributed by atoms with Gasteiger partial charge in [-0.3, -0.25) is 4.79 Å². The Morgan fingerprint density at radius 1 is 1.07 bits per heavy atom. The summed E-state index contributed by atoms with van der Waals surface area (Å²) in [5.41, 5.74) is 4.24. The monoisotopic (exact) mass is 410 g/mol. The van der Waals surface area contributed by atoms with Crippen molar-refractivity contribution in [1.29, 1.82) is 0 Å². The SMILES string of the molecule is O=C1CC(c2ccc(NC(=O)Nc3cccc(Cl)c3)cc2)=Nc2cscc2N1. The molecule has 0 spiro atoms. The predicted octanol–water partition coefficient (Wildman–Crippen LogP) is 5.51. The van der Waals surface area contributed by atoms with Crippen LogP contribution >= 0.6 is 22.9 Å². The molecule has 1 aromatic heterocycles. The lowest BCUT2D eigenvalue weighted by Gasteiger charge is -2.09. The average Bonchev–Trinajstić information content (AvgIpc) is 3.01. The molecule has 0 atom stereocenters. The Labute approximate surface area is 170 Å². The zero-order chi connectivity index (χ0) is 19.5. The van der Waals surface area contributed by atoms with Gasteiger partial charge in [-0.15, -0.1) is 11.3 Å². The minimum atomic E-state index is -0.371. The largest absolute Gasteiger partial charge is 0.323 e. The number of benzene rings is 2. The highest BCUT2D eigenvalue weighted by Gasteiger charge is 2.17. The Morgan fingerprint density at radius 3 is 2.64 bits per heavy atom. The molecule has 6 nitrogen and oxygen atoms in total. The Balaban J connectivity index is 1.47. The lowest BCUT2D eigenvalue weighted by molar-refractivity contribution is -0.115. The van der Waals surface area contributed by atoms with E-state index in [1.807, 2.05) is 22.9 Å². The summed E-state index contributed by atoms with van der Waals surface area (Å²) in [6.45, 7) is 0. The van der Waals surface area contributed by atoms with Crippen molar-refractivity contribution in [3.05, 3.63) is 69.9 Å². The second-order valence-electron chi connectivity index (χ2n) is 6.12. The summed E-state index contributed by atoms with van der Waals surface area (Å²) in [5, 5.41) is 12.6. The van der Waals surface area contributed by atoms with Crippen molar-refractivity contribution in [2.45, 2.75) is 6.42 Å². The van der Waals surface area contributed by atoms with Gasteiger partial charge in [-0.1, -0.05) is 29.8 Å². The molecule has 3 N–H and O–H groups in total. The third-order valence-electron chi connectivity index (χ3n) is 4.06. The number of nitrogens with one attached hydrogen (secondary N) is 3. The fraction of sp³-hybridized carbons (Fsp3) is 0.0500. The second-order valence-corrected chi connectivity index (χ2v) is 7.30. The molecule has 0 saturated heterocycles. The topological polar surface area (TPSA) is 82.6 Å². The highest BCUT2D eigenvalue weighted by atomic mass is 35.5. The van der Waals surface area contributed by atoms with Crippen LogP contribution in [0.3, 0.4) is 0 Å². The van der Waals surface area contributed by atoms with E-state index in [4.69, 9.17) is 11.6 Å². The van der Waals surface area contributed by atoms with E-state index in [1.165, 1.54) is 11.3 Å². The number of carbonyl (C=O) groups excluding carboxylic acids is 2. The zero-order valence-electron chi connectivity index (χ0n) is 14.5. The summed E-state index contributed by atoms with van der Waals surface area (Å²) in [6, 6.07) is 13.7. The molecule has 1 aliphatic rings. The van der Waals surface area contributed by atoms with Crippen LogP contribution in [-0.2, 0) is 4.79 Å². The maximum Gasteiger partial charge on any atom is 0.323 e. The highest BCUT2D eigenvalue weighted by molar-refractivity contribution is 7.09. The molecule has 0 radical (unpaired) electrons. The highest BCUT2D eigenvalue weighted by Crippen LogP contribution is 2.32. The zero-order valence-corrected chi connectivity index (χ0v) is 16.1. The van der Waals surface area contributed by atoms with Crippen LogP contribution in [0.5, 0.6) is 0 Å². The molecule has 3 amide bonds. The van der Waals surface area contributed by atoms with Crippen LogP contribution in [0.4, 0.5) is 27.5 Å². The van der Waals surface area contributed by atoms with E-state index < -0.39 is 0 Å². The van der Waals surface area contributed by atoms with Crippen molar-refractivity contribution in [2.24, 2.45) is 4.99 Å². The van der Waals surface area contributed by atoms with Gasteiger partial charge in [0, 0.05) is 27.2 Å². The van der Waals surface area contributed by atoms with Crippen molar-refractivity contribution in [1.82, 2.24) is 0 Å². The number of carbonyl (C=O) groups is 2. The normalized spacial score (nSPS) is 13.0. The molecule has 0 fully saturated rings. The van der Waals surface area contributed by atoms with Crippen molar-refractivity contribution < 1.29 is 9.59 Å². The fourth-order valence-electron chi connectivity index (χ4n) is 2.77. The minimum absolute atomic E-state index is 0.0981. The van der Waals surface area contributed by atoms with Crippen molar-refractivity contribution in [3.8, 4) is 0 Å². The Morgan fingerprint density at radius 2 is 1.86 bits per heavy atom. The lowest BCUT2D eigenvalue weighted by Crippen LogP contribution is -2.19. The number of rotatable bonds is 3. The number of thiophene rings is 1. The number of halogens is 1. The van der Waals surface area contributed by atoms with Crippen LogP contribution in [0.15, 0.2) is 64.3 Å². The number of amides is 3. The summed E-state index contributed by atoms with van der Waals surface area (Å²) >= 11 is 7.41. The van der Waals surface area contributed by atoms with Gasteiger partial charge in [0.1, 0.15) is 0 Å². The first kappa shape index (κ1) is 18.2. The van der Waals surface area contributed by atoms with E-state index in [-0.39, 0.29) is 18.4 Å². The summed E-state index contributed by atoms with van der Waals surface area (Å²) in [5.74, 6) is -0.0981. The third-order valence-corrected chi connectivity index (χ3v) is 5.02. The number of hydrogen-bond acceptors (Lipinski definition) is 4. The second kappa shape index (κ2) is 7.84. The molecule has 8 heteroatoms. The molecule has 0 unspecified atom stereocenters. The Hall–Kier alpha value is -3.16. The van der Waals surface area contributed by atoms with Gasteiger partial charge >= 0.3 is 6.03 Å². The molecule has 3 aromatic rings. The molecule has 1 aliphatic heterocycles. The smallest absolute Gasteiger partial charge is 0.323 e. The van der Waals surface area contributed by atoms with E-state index >= 15 is 0 Å². The average molecular weight is 411 g/mol. The first-order chi connectivity index (χ1) is 13.6. The summed E-state index contributed by atoms with van der Waals surface area (Å²) in [6.07, 6.45) is 0.196. The third kappa shape index (κ3) is 4.21. The van der Waals surface area contributed by atoms with Crippen molar-refractivity contribution >= 4 is 63.3 Å². The Kier molecular flexibility index (Phi) is 5.10. The van der Waals surface area contributed by atoms with Crippen LogP contribution in [0.1, 0.15) is 12.0 Å². The Bertz CT molecular complexity index is 1080. The first-order valence-corrected chi connectivity index (χ1v) is 9.76. The number of nitrogens with zero attached hydrogens (tertiary/aromatic N) is 1. The molecule has 2 heterocycles. The minimum Gasteiger partial charge on any atom is -0.323 e. The first-order valence-electron chi connectivity index (χ1n) is 8.44.